The largest absolute Gasteiger partial charge is 0.402 e. The number of sulfone groups is 2. The highest BCUT2D eigenvalue weighted by atomic mass is 32.3. The van der Waals surface area contributed by atoms with Gasteiger partial charge in [-0.3, -0.25) is 8.78 Å². The van der Waals surface area contributed by atoms with Crippen LogP contribution in [-0.4, -0.2) is 40.7 Å². The second-order valence-corrected chi connectivity index (χ2v) is 9.09. The van der Waals surface area contributed by atoms with Crippen LogP contribution in [0.3, 0.4) is 0 Å². The van der Waals surface area contributed by atoms with Gasteiger partial charge in [0.2, 0.25) is 0 Å². The summed E-state index contributed by atoms with van der Waals surface area (Å²) in [5, 5.41) is 0. The van der Waals surface area contributed by atoms with Gasteiger partial charge in [-0.25, -0.2) is 30.0 Å². The van der Waals surface area contributed by atoms with E-state index in [0.29, 0.717) is 0 Å². The highest BCUT2D eigenvalue weighted by Crippen LogP contribution is 2.39. The van der Waals surface area contributed by atoms with E-state index in [-0.39, 0.29) is 0 Å². The summed E-state index contributed by atoms with van der Waals surface area (Å²) in [6.07, 6.45) is -11.7. The summed E-state index contributed by atoms with van der Waals surface area (Å²) in [5.74, 6) is -21.9. The molecule has 0 N–H and O–H groups in total. The van der Waals surface area contributed by atoms with Crippen molar-refractivity contribution in [3.8, 4) is 0 Å². The monoisotopic (exact) mass is 473 g/mol. The molecule has 4 nitrogen and oxygen atoms in total. The van der Waals surface area contributed by atoms with Gasteiger partial charge in [0.05, 0.1) is 16.2 Å². The van der Waals surface area contributed by atoms with E-state index in [1.807, 2.05) is 0 Å². The van der Waals surface area contributed by atoms with Crippen LogP contribution in [0.15, 0.2) is 0 Å². The van der Waals surface area contributed by atoms with Crippen molar-refractivity contribution < 1.29 is 65.1 Å². The van der Waals surface area contributed by atoms with Crippen molar-refractivity contribution >= 4 is 19.7 Å². The minimum absolute atomic E-state index is 2.95. The molecule has 1 aromatic carbocycles. The quantitative estimate of drug-likeness (QED) is 0.285. The number of rotatable bonds is 5. The molecule has 0 fully saturated rings. The van der Waals surface area contributed by atoms with Crippen molar-refractivity contribution in [2.24, 2.45) is 0 Å². The lowest BCUT2D eigenvalue weighted by Gasteiger charge is -2.28. The Morgan fingerprint density at radius 3 is 1.07 bits per heavy atom. The molecule has 0 radical (unpaired) electrons. The SMILES string of the molecule is O=S(=O)(CC(F)(F)F)[C-](c1c(F)c(F)c(F)c(F)c1F)S(=O)(=O)CC(F)(F)F. The molecule has 0 bridgehead atoms. The van der Waals surface area contributed by atoms with Crippen LogP contribution in [0.1, 0.15) is 5.56 Å². The first-order valence-corrected chi connectivity index (χ1v) is 9.49. The normalized spacial score (nSPS) is 13.7. The molecular weight excluding hydrogens is 469 g/mol. The predicted octanol–water partition coefficient (Wildman–Crippen LogP) is 3.17. The van der Waals surface area contributed by atoms with Crippen LogP contribution in [0.2, 0.25) is 0 Å². The highest BCUT2D eigenvalue weighted by molar-refractivity contribution is 8.13. The van der Waals surface area contributed by atoms with Gasteiger partial charge in [-0.05, 0) is 0 Å². The standard InChI is InChI=1S/C11H4F11O4S2/c12-4-3(5(13)7(15)8(16)6(4)14)9(27(23,24)1-10(17,18)19)28(25,26)2-11(20,21)22/h1-2H2/q-1. The first-order chi connectivity index (χ1) is 12.2. The zero-order valence-corrected chi connectivity index (χ0v) is 14.2. The van der Waals surface area contributed by atoms with Crippen LogP contribution in [0.4, 0.5) is 48.3 Å². The molecule has 0 atom stereocenters. The average molecular weight is 473 g/mol. The van der Waals surface area contributed by atoms with Crippen molar-refractivity contribution in [1.82, 2.24) is 0 Å². The Kier molecular flexibility index (Phi) is 6.27. The van der Waals surface area contributed by atoms with Crippen molar-refractivity contribution in [2.45, 2.75) is 12.4 Å². The van der Waals surface area contributed by atoms with Gasteiger partial charge in [0.1, 0.15) is 23.1 Å². The summed E-state index contributed by atoms with van der Waals surface area (Å²) in [6.45, 7) is 0. The lowest BCUT2D eigenvalue weighted by atomic mass is 10.2. The summed E-state index contributed by atoms with van der Waals surface area (Å²) < 4.78 is 185. The van der Waals surface area contributed by atoms with Crippen molar-refractivity contribution in [3.05, 3.63) is 39.2 Å². The van der Waals surface area contributed by atoms with Gasteiger partial charge in [0.15, 0.2) is 25.5 Å². The van der Waals surface area contributed by atoms with Gasteiger partial charge < -0.3 is 0 Å². The van der Waals surface area contributed by atoms with E-state index < -0.39 is 82.8 Å². The third-order valence-electron chi connectivity index (χ3n) is 2.69. The summed E-state index contributed by atoms with van der Waals surface area (Å²) in [7, 11) is -13.2. The Morgan fingerprint density at radius 1 is 0.571 bits per heavy atom. The Morgan fingerprint density at radius 2 is 0.821 bits per heavy atom. The maximum absolute atomic E-state index is 13.7. The van der Waals surface area contributed by atoms with E-state index >= 15 is 0 Å². The molecule has 0 aliphatic heterocycles. The zero-order chi connectivity index (χ0) is 22.5. The van der Waals surface area contributed by atoms with Gasteiger partial charge >= 0.3 is 12.4 Å². The van der Waals surface area contributed by atoms with E-state index in [9.17, 15) is 65.1 Å². The lowest BCUT2D eigenvalue weighted by Crippen LogP contribution is -2.37. The molecule has 0 aliphatic carbocycles. The Hall–Kier alpha value is -1.78. The van der Waals surface area contributed by atoms with Crippen molar-refractivity contribution in [2.75, 3.05) is 11.5 Å². The first-order valence-electron chi connectivity index (χ1n) is 6.19. The highest BCUT2D eigenvalue weighted by Gasteiger charge is 2.47. The fraction of sp³-hybridized carbons (Fsp3) is 0.364. The fourth-order valence-electron chi connectivity index (χ4n) is 1.85. The Bertz CT molecular complexity index is 902. The molecule has 17 heteroatoms. The molecule has 0 aliphatic rings. The zero-order valence-electron chi connectivity index (χ0n) is 12.5. The van der Waals surface area contributed by atoms with E-state index in [4.69, 9.17) is 0 Å². The fourth-order valence-corrected chi connectivity index (χ4v) is 5.86. The first kappa shape index (κ1) is 24.3. The van der Waals surface area contributed by atoms with E-state index in [2.05, 4.69) is 0 Å². The van der Waals surface area contributed by atoms with Crippen LogP contribution in [0.25, 0.3) is 0 Å². The second-order valence-electron chi connectivity index (χ2n) is 4.98. The molecule has 0 saturated heterocycles. The van der Waals surface area contributed by atoms with Crippen LogP contribution in [-0.2, 0) is 19.7 Å². The maximum atomic E-state index is 13.7. The molecule has 0 heterocycles. The van der Waals surface area contributed by atoms with Crippen LogP contribution >= 0.6 is 0 Å². The van der Waals surface area contributed by atoms with E-state index in [1.165, 1.54) is 0 Å². The number of benzene rings is 1. The Balaban J connectivity index is 3.97. The van der Waals surface area contributed by atoms with Crippen LogP contribution < -0.4 is 0 Å². The topological polar surface area (TPSA) is 68.3 Å². The number of hydrogen-bond donors (Lipinski definition) is 0. The lowest BCUT2D eigenvalue weighted by molar-refractivity contribution is -0.107. The third kappa shape index (κ3) is 5.18. The van der Waals surface area contributed by atoms with Crippen LogP contribution in [0.5, 0.6) is 0 Å². The summed E-state index contributed by atoms with van der Waals surface area (Å²) >= 11 is 0. The molecule has 162 valence electrons. The van der Waals surface area contributed by atoms with Gasteiger partial charge in [0, 0.05) is 0 Å². The predicted molar refractivity (Wildman–Crippen MR) is 68.3 cm³/mol. The van der Waals surface area contributed by atoms with Gasteiger partial charge in [-0.1, -0.05) is 5.56 Å². The molecule has 0 spiro atoms. The maximum Gasteiger partial charge on any atom is 0.402 e. The van der Waals surface area contributed by atoms with Crippen molar-refractivity contribution in [1.29, 1.82) is 0 Å². The average Bonchev–Trinajstić information content (AvgIpc) is 2.41. The van der Waals surface area contributed by atoms with Gasteiger partial charge in [-0.2, -0.15) is 26.3 Å². The van der Waals surface area contributed by atoms with E-state index in [0.717, 1.165) is 0 Å². The molecule has 0 amide bonds. The molecule has 0 saturated carbocycles. The summed E-state index contributed by atoms with van der Waals surface area (Å²) in [4.78, 5) is 0. The Labute approximate surface area is 148 Å². The number of halogens is 11. The molecule has 28 heavy (non-hydrogen) atoms. The molecule has 1 aromatic rings. The second kappa shape index (κ2) is 7.23. The van der Waals surface area contributed by atoms with Crippen LogP contribution in [0, 0.1) is 33.7 Å². The molecular formula is C11H4F11O4S2-. The van der Waals surface area contributed by atoms with Gasteiger partial charge in [-0.15, -0.1) is 0 Å². The smallest absolute Gasteiger partial charge is 0.280 e. The van der Waals surface area contributed by atoms with Gasteiger partial charge in [0.25, 0.3) is 0 Å². The summed E-state index contributed by atoms with van der Waals surface area (Å²) in [6, 6.07) is 0. The number of hydrogen-bond acceptors (Lipinski definition) is 4. The van der Waals surface area contributed by atoms with E-state index in [1.54, 1.807) is 0 Å². The minimum Gasteiger partial charge on any atom is -0.280 e. The van der Waals surface area contributed by atoms with Crippen molar-refractivity contribution in [3.63, 3.8) is 0 Å². The summed E-state index contributed by atoms with van der Waals surface area (Å²) in [5.41, 5.74) is -2.95. The molecule has 0 unspecified atom stereocenters. The number of alkyl halides is 6. The molecule has 1 rings (SSSR count). The minimum atomic E-state index is -6.59. The third-order valence-corrected chi connectivity index (χ3v) is 7.16. The molecule has 0 aromatic heterocycles.